The maximum Gasteiger partial charge on any atom is 0.0775 e. The predicted octanol–water partition coefficient (Wildman–Crippen LogP) is 2.85. The number of hydrogen-bond donors (Lipinski definition) is 1. The lowest BCUT2D eigenvalue weighted by Gasteiger charge is -2.45. The summed E-state index contributed by atoms with van der Waals surface area (Å²) in [5.41, 5.74) is 1.27. The zero-order chi connectivity index (χ0) is 15.9. The minimum absolute atomic E-state index is 0.0622. The molecule has 0 aromatic carbocycles. The molecule has 1 aromatic rings. The van der Waals surface area contributed by atoms with E-state index in [1.54, 1.807) is 0 Å². The van der Waals surface area contributed by atoms with Crippen LogP contribution < -0.4 is 5.32 Å². The van der Waals surface area contributed by atoms with Crippen molar-refractivity contribution in [2.75, 3.05) is 19.6 Å². The van der Waals surface area contributed by atoms with Gasteiger partial charge in [-0.2, -0.15) is 0 Å². The number of rotatable bonds is 10. The number of aryl methyl sites for hydroxylation is 1. The van der Waals surface area contributed by atoms with E-state index in [2.05, 4.69) is 66.8 Å². The second-order valence-corrected chi connectivity index (χ2v) is 5.76. The van der Waals surface area contributed by atoms with Gasteiger partial charge < -0.3 is 5.32 Å². The van der Waals surface area contributed by atoms with E-state index >= 15 is 0 Å². The highest BCUT2D eigenvalue weighted by molar-refractivity contribution is 5.12. The molecule has 5 heteroatoms. The summed E-state index contributed by atoms with van der Waals surface area (Å²) >= 11 is 0. The third-order valence-electron chi connectivity index (χ3n) is 4.61. The Morgan fingerprint density at radius 2 is 1.90 bits per heavy atom. The molecule has 0 aliphatic carbocycles. The normalized spacial score (nSPS) is 16.1. The summed E-state index contributed by atoms with van der Waals surface area (Å²) in [5.74, 6) is 0. The van der Waals surface area contributed by atoms with Gasteiger partial charge in [0.25, 0.3) is 0 Å². The van der Waals surface area contributed by atoms with Gasteiger partial charge in [0.15, 0.2) is 0 Å². The van der Waals surface area contributed by atoms with Crippen LogP contribution in [0.1, 0.15) is 66.1 Å². The van der Waals surface area contributed by atoms with Crippen LogP contribution in [0.25, 0.3) is 0 Å². The van der Waals surface area contributed by atoms with E-state index in [0.29, 0.717) is 0 Å². The fraction of sp³-hybridized carbons (Fsp3) is 0.875. The van der Waals surface area contributed by atoms with Crippen LogP contribution in [0.15, 0.2) is 6.20 Å². The first-order chi connectivity index (χ1) is 10.1. The van der Waals surface area contributed by atoms with Crippen molar-refractivity contribution in [2.24, 2.45) is 0 Å². The lowest BCUT2D eigenvalue weighted by atomic mass is 9.85. The summed E-state index contributed by atoms with van der Waals surface area (Å²) in [6.45, 7) is 17.4. The van der Waals surface area contributed by atoms with Gasteiger partial charge in [-0.3, -0.25) is 4.90 Å². The summed E-state index contributed by atoms with van der Waals surface area (Å²) in [4.78, 5) is 2.55. The van der Waals surface area contributed by atoms with Gasteiger partial charge in [0, 0.05) is 12.1 Å². The van der Waals surface area contributed by atoms with Crippen molar-refractivity contribution in [1.29, 1.82) is 0 Å². The molecule has 21 heavy (non-hydrogen) atoms. The molecule has 0 saturated heterocycles. The van der Waals surface area contributed by atoms with E-state index in [4.69, 9.17) is 0 Å². The molecule has 2 atom stereocenters. The van der Waals surface area contributed by atoms with Crippen molar-refractivity contribution in [3.63, 3.8) is 0 Å². The maximum atomic E-state index is 4.28. The highest BCUT2D eigenvalue weighted by Gasteiger charge is 2.39. The predicted molar refractivity (Wildman–Crippen MR) is 88.3 cm³/mol. The van der Waals surface area contributed by atoms with E-state index in [0.717, 1.165) is 39.0 Å². The summed E-state index contributed by atoms with van der Waals surface area (Å²) in [7, 11) is 0. The van der Waals surface area contributed by atoms with Gasteiger partial charge >= 0.3 is 0 Å². The van der Waals surface area contributed by atoms with Crippen LogP contribution in [0.4, 0.5) is 0 Å². The van der Waals surface area contributed by atoms with Gasteiger partial charge in [-0.05, 0) is 39.4 Å². The van der Waals surface area contributed by atoms with E-state index < -0.39 is 0 Å². The SMILES string of the molecule is CCCn1nncc1C(NCC)C(C)(CC)N(CC)CC. The zero-order valence-electron chi connectivity index (χ0n) is 14.7. The van der Waals surface area contributed by atoms with Crippen molar-refractivity contribution in [3.8, 4) is 0 Å². The van der Waals surface area contributed by atoms with Crippen LogP contribution in [0.3, 0.4) is 0 Å². The van der Waals surface area contributed by atoms with Crippen LogP contribution in [0.5, 0.6) is 0 Å². The van der Waals surface area contributed by atoms with Crippen LogP contribution in [0.2, 0.25) is 0 Å². The first kappa shape index (κ1) is 18.1. The van der Waals surface area contributed by atoms with Crippen molar-refractivity contribution < 1.29 is 0 Å². The third kappa shape index (κ3) is 3.83. The highest BCUT2D eigenvalue weighted by Crippen LogP contribution is 2.33. The van der Waals surface area contributed by atoms with E-state index in [9.17, 15) is 0 Å². The van der Waals surface area contributed by atoms with E-state index in [1.807, 2.05) is 6.20 Å². The Hall–Kier alpha value is -0.940. The number of nitrogens with one attached hydrogen (secondary N) is 1. The smallest absolute Gasteiger partial charge is 0.0775 e. The molecule has 5 nitrogen and oxygen atoms in total. The first-order valence-corrected chi connectivity index (χ1v) is 8.45. The van der Waals surface area contributed by atoms with Gasteiger partial charge in [-0.15, -0.1) is 5.10 Å². The quantitative estimate of drug-likeness (QED) is 0.721. The lowest BCUT2D eigenvalue weighted by molar-refractivity contribution is 0.0669. The average Bonchev–Trinajstić information content (AvgIpc) is 2.94. The van der Waals surface area contributed by atoms with Crippen molar-refractivity contribution >= 4 is 0 Å². The summed E-state index contributed by atoms with van der Waals surface area (Å²) < 4.78 is 2.06. The fourth-order valence-electron chi connectivity index (χ4n) is 3.28. The van der Waals surface area contributed by atoms with Crippen LogP contribution in [0, 0.1) is 0 Å². The molecular formula is C16H33N5. The lowest BCUT2D eigenvalue weighted by Crippen LogP contribution is -2.54. The van der Waals surface area contributed by atoms with Gasteiger partial charge in [0.2, 0.25) is 0 Å². The molecule has 0 fully saturated rings. The first-order valence-electron chi connectivity index (χ1n) is 8.45. The van der Waals surface area contributed by atoms with Crippen molar-refractivity contribution in [2.45, 2.75) is 72.5 Å². The number of nitrogens with zero attached hydrogens (tertiary/aromatic N) is 4. The molecule has 2 unspecified atom stereocenters. The minimum Gasteiger partial charge on any atom is -0.307 e. The summed E-state index contributed by atoms with van der Waals surface area (Å²) in [6, 6.07) is 0.244. The molecule has 0 radical (unpaired) electrons. The second-order valence-electron chi connectivity index (χ2n) is 5.76. The molecule has 1 N–H and O–H groups in total. The summed E-state index contributed by atoms with van der Waals surface area (Å²) in [6.07, 6.45) is 4.09. The topological polar surface area (TPSA) is 46.0 Å². The van der Waals surface area contributed by atoms with Crippen molar-refractivity contribution in [3.05, 3.63) is 11.9 Å². The second kappa shape index (κ2) is 8.49. The number of aromatic nitrogens is 3. The molecule has 1 rings (SSSR count). The standard InChI is InChI=1S/C16H33N5/c1-7-12-21-14(13-18-19-21)15(17-9-3)16(6,8-2)20(10-4)11-5/h13,15,17H,7-12H2,1-6H3. The van der Waals surface area contributed by atoms with Crippen LogP contribution >= 0.6 is 0 Å². The van der Waals surface area contributed by atoms with Gasteiger partial charge in [-0.1, -0.05) is 39.8 Å². The highest BCUT2D eigenvalue weighted by atomic mass is 15.4. The zero-order valence-corrected chi connectivity index (χ0v) is 14.7. The largest absolute Gasteiger partial charge is 0.307 e. The molecular weight excluding hydrogens is 262 g/mol. The summed E-state index contributed by atoms with van der Waals surface area (Å²) in [5, 5.41) is 12.1. The maximum absolute atomic E-state index is 4.28. The van der Waals surface area contributed by atoms with E-state index in [1.165, 1.54) is 5.69 Å². The van der Waals surface area contributed by atoms with Gasteiger partial charge in [0.05, 0.1) is 17.9 Å². The molecule has 0 aliphatic rings. The van der Waals surface area contributed by atoms with E-state index in [-0.39, 0.29) is 11.6 Å². The Morgan fingerprint density at radius 3 is 2.38 bits per heavy atom. The molecule has 1 heterocycles. The Kier molecular flexibility index (Phi) is 7.32. The fourth-order valence-corrected chi connectivity index (χ4v) is 3.28. The molecule has 0 saturated carbocycles. The van der Waals surface area contributed by atoms with Gasteiger partial charge in [0.1, 0.15) is 0 Å². The third-order valence-corrected chi connectivity index (χ3v) is 4.61. The molecule has 0 aliphatic heterocycles. The Morgan fingerprint density at radius 1 is 1.24 bits per heavy atom. The Labute approximate surface area is 130 Å². The minimum atomic E-state index is 0.0622. The van der Waals surface area contributed by atoms with Crippen molar-refractivity contribution in [1.82, 2.24) is 25.2 Å². The molecule has 122 valence electrons. The molecule has 0 amide bonds. The Bertz CT molecular complexity index is 399. The monoisotopic (exact) mass is 295 g/mol. The molecule has 0 spiro atoms. The van der Waals surface area contributed by atoms with Crippen LogP contribution in [-0.4, -0.2) is 45.1 Å². The average molecular weight is 295 g/mol. The molecule has 1 aromatic heterocycles. The van der Waals surface area contributed by atoms with Gasteiger partial charge in [-0.25, -0.2) is 4.68 Å². The van der Waals surface area contributed by atoms with Crippen LogP contribution in [-0.2, 0) is 6.54 Å². The molecule has 0 bridgehead atoms. The number of likely N-dealkylation sites (N-methyl/N-ethyl adjacent to an activating group) is 2. The Balaban J connectivity index is 3.21. The number of hydrogen-bond acceptors (Lipinski definition) is 4.